The fraction of sp³-hybridized carbons (Fsp3) is 0.909. The zero-order valence-electron chi connectivity index (χ0n) is 9.91. The van der Waals surface area contributed by atoms with Gasteiger partial charge in [-0.05, 0) is 19.4 Å². The van der Waals surface area contributed by atoms with E-state index in [9.17, 15) is 0 Å². The highest BCUT2D eigenvalue weighted by atomic mass is 32.1. The van der Waals surface area contributed by atoms with Gasteiger partial charge < -0.3 is 10.8 Å². The second kappa shape index (κ2) is 9.07. The molecular weight excluding hydrogens is 208 g/mol. The molecule has 0 aromatic carbocycles. The van der Waals surface area contributed by atoms with E-state index in [1.54, 1.807) is 0 Å². The van der Waals surface area contributed by atoms with Crippen molar-refractivity contribution in [3.63, 3.8) is 0 Å². The Kier molecular flexibility index (Phi) is 8.95. The third-order valence-corrected chi connectivity index (χ3v) is 2.78. The van der Waals surface area contributed by atoms with Crippen LogP contribution in [-0.4, -0.2) is 40.7 Å². The van der Waals surface area contributed by atoms with Gasteiger partial charge in [0, 0.05) is 19.0 Å². The smallest absolute Gasteiger partial charge is 0.0743 e. The largest absolute Gasteiger partial charge is 0.395 e. The van der Waals surface area contributed by atoms with Crippen molar-refractivity contribution in [3.8, 4) is 0 Å². The molecule has 0 spiro atoms. The molecule has 0 aliphatic carbocycles. The van der Waals surface area contributed by atoms with Gasteiger partial charge in [0.15, 0.2) is 0 Å². The van der Waals surface area contributed by atoms with E-state index < -0.39 is 0 Å². The van der Waals surface area contributed by atoms with Gasteiger partial charge in [0.25, 0.3) is 0 Å². The van der Waals surface area contributed by atoms with E-state index in [1.165, 1.54) is 6.42 Å². The van der Waals surface area contributed by atoms with Crippen LogP contribution in [0.3, 0.4) is 0 Å². The highest BCUT2D eigenvalue weighted by Crippen LogP contribution is 2.10. The Morgan fingerprint density at radius 1 is 1.40 bits per heavy atom. The van der Waals surface area contributed by atoms with Crippen LogP contribution in [0.2, 0.25) is 0 Å². The Morgan fingerprint density at radius 2 is 2.07 bits per heavy atom. The minimum absolute atomic E-state index is 0.206. The van der Waals surface area contributed by atoms with Crippen molar-refractivity contribution in [2.75, 3.05) is 19.7 Å². The lowest BCUT2D eigenvalue weighted by molar-refractivity contribution is 0.148. The second-order valence-electron chi connectivity index (χ2n) is 3.85. The van der Waals surface area contributed by atoms with Crippen LogP contribution in [0.1, 0.15) is 39.5 Å². The van der Waals surface area contributed by atoms with Crippen LogP contribution in [0.15, 0.2) is 0 Å². The second-order valence-corrected chi connectivity index (χ2v) is 4.37. The number of rotatable bonds is 9. The van der Waals surface area contributed by atoms with Crippen molar-refractivity contribution in [1.29, 1.82) is 0 Å². The number of nitrogens with two attached hydrogens (primary N) is 1. The number of aliphatic hydroxyl groups is 1. The summed E-state index contributed by atoms with van der Waals surface area (Å²) in [4.78, 5) is 2.86. The summed E-state index contributed by atoms with van der Waals surface area (Å²) in [7, 11) is 0. The number of hydrogen-bond donors (Lipinski definition) is 2. The maximum Gasteiger partial charge on any atom is 0.0743 e. The lowest BCUT2D eigenvalue weighted by Gasteiger charge is -2.30. The van der Waals surface area contributed by atoms with Crippen molar-refractivity contribution in [2.45, 2.75) is 45.6 Å². The third kappa shape index (κ3) is 6.82. The van der Waals surface area contributed by atoms with Gasteiger partial charge in [-0.1, -0.05) is 32.5 Å². The number of unbranched alkanes of at least 4 members (excludes halogenated alkanes) is 1. The molecule has 0 rings (SSSR count). The van der Waals surface area contributed by atoms with Crippen molar-refractivity contribution in [3.05, 3.63) is 0 Å². The molecule has 90 valence electrons. The quantitative estimate of drug-likeness (QED) is 0.592. The Hall–Kier alpha value is -0.190. The lowest BCUT2D eigenvalue weighted by atomic mass is 10.1. The average Bonchev–Trinajstić information content (AvgIpc) is 2.20. The van der Waals surface area contributed by atoms with Crippen molar-refractivity contribution in [2.24, 2.45) is 5.73 Å². The molecule has 0 fully saturated rings. The standard InChI is InChI=1S/C11H24N2OS/c1-3-5-6-13(7-8-14)10(4-2)9-11(12)15/h10,14H,3-9H2,1-2H3,(H2,12,15). The topological polar surface area (TPSA) is 49.5 Å². The normalized spacial score (nSPS) is 13.1. The van der Waals surface area contributed by atoms with Crippen LogP contribution in [0.5, 0.6) is 0 Å². The van der Waals surface area contributed by atoms with Gasteiger partial charge in [0.2, 0.25) is 0 Å². The molecular formula is C11H24N2OS. The Balaban J connectivity index is 4.18. The molecule has 3 nitrogen and oxygen atoms in total. The van der Waals surface area contributed by atoms with E-state index in [-0.39, 0.29) is 6.61 Å². The summed E-state index contributed by atoms with van der Waals surface area (Å²) in [5, 5.41) is 9.01. The monoisotopic (exact) mass is 232 g/mol. The summed E-state index contributed by atoms with van der Waals surface area (Å²) >= 11 is 4.94. The minimum Gasteiger partial charge on any atom is -0.395 e. The molecule has 4 heteroatoms. The van der Waals surface area contributed by atoms with Gasteiger partial charge in [0.1, 0.15) is 0 Å². The minimum atomic E-state index is 0.206. The Bertz CT molecular complexity index is 176. The van der Waals surface area contributed by atoms with Crippen LogP contribution in [0, 0.1) is 0 Å². The van der Waals surface area contributed by atoms with E-state index in [0.29, 0.717) is 11.0 Å². The first-order valence-corrected chi connectivity index (χ1v) is 6.19. The van der Waals surface area contributed by atoms with E-state index in [1.807, 2.05) is 0 Å². The highest BCUT2D eigenvalue weighted by molar-refractivity contribution is 7.80. The first-order chi connectivity index (χ1) is 7.15. The van der Waals surface area contributed by atoms with Gasteiger partial charge in [0.05, 0.1) is 11.6 Å². The fourth-order valence-corrected chi connectivity index (χ4v) is 1.92. The SMILES string of the molecule is CCCCN(CCO)C(CC)CC(N)=S. The van der Waals surface area contributed by atoms with Crippen LogP contribution in [-0.2, 0) is 0 Å². The van der Waals surface area contributed by atoms with E-state index in [2.05, 4.69) is 18.7 Å². The Morgan fingerprint density at radius 3 is 2.47 bits per heavy atom. The highest BCUT2D eigenvalue weighted by Gasteiger charge is 2.16. The van der Waals surface area contributed by atoms with Crippen molar-refractivity contribution >= 4 is 17.2 Å². The van der Waals surface area contributed by atoms with Crippen LogP contribution >= 0.6 is 12.2 Å². The molecule has 0 aromatic rings. The average molecular weight is 232 g/mol. The van der Waals surface area contributed by atoms with Crippen LogP contribution < -0.4 is 5.73 Å². The van der Waals surface area contributed by atoms with E-state index >= 15 is 0 Å². The van der Waals surface area contributed by atoms with E-state index in [0.717, 1.165) is 32.4 Å². The molecule has 3 N–H and O–H groups in total. The molecule has 15 heavy (non-hydrogen) atoms. The number of nitrogens with zero attached hydrogens (tertiary/aromatic N) is 1. The molecule has 0 saturated heterocycles. The molecule has 1 atom stereocenters. The van der Waals surface area contributed by atoms with Crippen molar-refractivity contribution in [1.82, 2.24) is 4.90 Å². The lowest BCUT2D eigenvalue weighted by Crippen LogP contribution is -2.40. The molecule has 0 aliphatic rings. The number of hydrogen-bond acceptors (Lipinski definition) is 3. The predicted molar refractivity (Wildman–Crippen MR) is 69.0 cm³/mol. The van der Waals surface area contributed by atoms with Crippen LogP contribution in [0.4, 0.5) is 0 Å². The van der Waals surface area contributed by atoms with Gasteiger partial charge in [-0.15, -0.1) is 0 Å². The number of aliphatic hydroxyl groups excluding tert-OH is 1. The molecule has 0 heterocycles. The molecule has 0 aliphatic heterocycles. The molecule has 0 radical (unpaired) electrons. The zero-order valence-corrected chi connectivity index (χ0v) is 10.7. The summed E-state index contributed by atoms with van der Waals surface area (Å²) in [6.07, 6.45) is 4.12. The predicted octanol–water partition coefficient (Wildman–Crippen LogP) is 1.54. The van der Waals surface area contributed by atoms with Gasteiger partial charge in [-0.2, -0.15) is 0 Å². The number of thiocarbonyl (C=S) groups is 1. The molecule has 0 amide bonds. The van der Waals surface area contributed by atoms with Crippen LogP contribution in [0.25, 0.3) is 0 Å². The third-order valence-electron chi connectivity index (χ3n) is 2.61. The summed E-state index contributed by atoms with van der Waals surface area (Å²) in [6.45, 7) is 6.27. The van der Waals surface area contributed by atoms with Gasteiger partial charge in [-0.3, -0.25) is 4.90 Å². The summed E-state index contributed by atoms with van der Waals surface area (Å²) in [6, 6.07) is 0.390. The Labute approximate surface area is 98.6 Å². The molecule has 0 saturated carbocycles. The zero-order chi connectivity index (χ0) is 11.7. The van der Waals surface area contributed by atoms with Gasteiger partial charge in [-0.25, -0.2) is 0 Å². The molecule has 0 bridgehead atoms. The first-order valence-electron chi connectivity index (χ1n) is 5.78. The van der Waals surface area contributed by atoms with Crippen molar-refractivity contribution < 1.29 is 5.11 Å². The summed E-state index contributed by atoms with van der Waals surface area (Å²) in [5.74, 6) is 0. The summed E-state index contributed by atoms with van der Waals surface area (Å²) in [5.41, 5.74) is 5.57. The maximum atomic E-state index is 9.01. The fourth-order valence-electron chi connectivity index (χ4n) is 1.73. The maximum absolute atomic E-state index is 9.01. The van der Waals surface area contributed by atoms with E-state index in [4.69, 9.17) is 23.1 Å². The summed E-state index contributed by atoms with van der Waals surface area (Å²) < 4.78 is 0. The first kappa shape index (κ1) is 14.8. The molecule has 0 aromatic heterocycles. The molecule has 1 unspecified atom stereocenters. The van der Waals surface area contributed by atoms with Gasteiger partial charge >= 0.3 is 0 Å².